The van der Waals surface area contributed by atoms with Gasteiger partial charge in [0.15, 0.2) is 0 Å². The molecular weight excluding hydrogens is 1050 g/mol. The molecule has 4 heterocycles. The van der Waals surface area contributed by atoms with E-state index in [1.165, 1.54) is 0 Å². The number of para-hydroxylation sites is 8. The van der Waals surface area contributed by atoms with Gasteiger partial charge >= 0.3 is 23.9 Å². The first-order chi connectivity index (χ1) is 41.4. The van der Waals surface area contributed by atoms with Gasteiger partial charge in [-0.25, -0.2) is 0 Å². The van der Waals surface area contributed by atoms with E-state index in [9.17, 15) is 0 Å². The second-order valence-corrected chi connectivity index (χ2v) is 24.2. The number of aromatic nitrogens is 4. The number of benzene rings is 8. The highest BCUT2D eigenvalue weighted by atomic mass is 16.6. The van der Waals surface area contributed by atoms with Gasteiger partial charge in [0.1, 0.15) is 0 Å². The number of fused-ring (bicyclic) bond motifs is 12. The van der Waals surface area contributed by atoms with Crippen LogP contribution in [-0.4, -0.2) is 68.6 Å². The summed E-state index contributed by atoms with van der Waals surface area (Å²) >= 11 is 0. The highest BCUT2D eigenvalue weighted by Crippen LogP contribution is 3.18. The van der Waals surface area contributed by atoms with Crippen LogP contribution in [-0.2, 0) is 64.3 Å². The van der Waals surface area contributed by atoms with Crippen molar-refractivity contribution in [3.63, 3.8) is 0 Å². The van der Waals surface area contributed by atoms with Gasteiger partial charge in [0, 0.05) is 137 Å². The summed E-state index contributed by atoms with van der Waals surface area (Å²) in [6.07, 6.45) is 2.13. The molecule has 0 saturated heterocycles. The summed E-state index contributed by atoms with van der Waals surface area (Å²) in [5, 5.41) is 9.29. The van der Waals surface area contributed by atoms with Gasteiger partial charge in [-0.1, -0.05) is 146 Å². The van der Waals surface area contributed by atoms with E-state index in [1.807, 2.05) is 97.1 Å². The number of carbonyl (C=O) groups excluding carboxylic acids is 4. The van der Waals surface area contributed by atoms with Crippen molar-refractivity contribution in [3.8, 4) is 0 Å². The molecule has 12 heteroatoms. The van der Waals surface area contributed by atoms with Gasteiger partial charge in [-0.2, -0.15) is 0 Å². The molecule has 416 valence electrons. The lowest BCUT2D eigenvalue weighted by molar-refractivity contribution is -0.684. The molecule has 8 aromatic carbocycles. The topological polar surface area (TPSA) is 125 Å². The van der Waals surface area contributed by atoms with E-state index in [4.69, 9.17) is 18.9 Å². The molecule has 0 N–H and O–H groups in total. The average molecular weight is 1110 g/mol. The minimum atomic E-state index is -1.23. The Bertz CT molecular complexity index is 3910. The smallest absolute Gasteiger partial charge is 0.313 e. The van der Waals surface area contributed by atoms with E-state index in [-0.39, 0.29) is 26.4 Å². The van der Waals surface area contributed by atoms with Crippen molar-refractivity contribution < 1.29 is 38.1 Å². The van der Waals surface area contributed by atoms with Crippen LogP contribution in [0.2, 0.25) is 0 Å². The molecule has 12 aromatic rings. The van der Waals surface area contributed by atoms with Crippen LogP contribution in [0.3, 0.4) is 0 Å². The van der Waals surface area contributed by atoms with Gasteiger partial charge < -0.3 is 37.2 Å². The number of rotatable bonds is 20. The number of nitrogens with zero attached hydrogens (tertiary/aromatic N) is 4. The molecule has 0 radical (unpaired) electrons. The Balaban J connectivity index is 0.665. The van der Waals surface area contributed by atoms with Crippen molar-refractivity contribution in [3.05, 3.63) is 194 Å². The zero-order chi connectivity index (χ0) is 56.1. The molecule has 0 spiro atoms. The predicted octanol–water partition coefficient (Wildman–Crippen LogP) is 13.4. The number of esters is 4. The van der Waals surface area contributed by atoms with Crippen molar-refractivity contribution in [2.75, 3.05) is 26.4 Å². The number of hydrogen-bond donors (Lipinski definition) is 0. The van der Waals surface area contributed by atoms with Gasteiger partial charge in [0.2, 0.25) is 0 Å². The molecule has 0 unspecified atom stereocenters. The van der Waals surface area contributed by atoms with Crippen LogP contribution in [0.5, 0.6) is 0 Å². The van der Waals surface area contributed by atoms with Crippen molar-refractivity contribution >= 4 is 111 Å². The van der Waals surface area contributed by atoms with Gasteiger partial charge in [-0.3, -0.25) is 19.2 Å². The van der Waals surface area contributed by atoms with Crippen LogP contribution in [0.15, 0.2) is 194 Å². The molecule has 0 amide bonds. The third kappa shape index (κ3) is 5.97. The highest BCUT2D eigenvalue weighted by molar-refractivity contribution is 6.14. The van der Waals surface area contributed by atoms with Crippen LogP contribution in [0.25, 0.3) is 87.2 Å². The van der Waals surface area contributed by atoms with E-state index in [1.54, 1.807) is 0 Å². The Labute approximate surface area is 483 Å². The molecule has 0 bridgehead atoms. The molecule has 84 heavy (non-hydrogen) atoms. The molecule has 6 fully saturated rings. The summed E-state index contributed by atoms with van der Waals surface area (Å²) in [7, 11) is 0. The first kappa shape index (κ1) is 49.4. The first-order valence-corrected chi connectivity index (χ1v) is 29.9. The van der Waals surface area contributed by atoms with Gasteiger partial charge in [0.25, 0.3) is 0 Å². The van der Waals surface area contributed by atoms with Crippen LogP contribution in [0.4, 0.5) is 0 Å². The second kappa shape index (κ2) is 18.2. The molecule has 18 rings (SSSR count). The summed E-state index contributed by atoms with van der Waals surface area (Å²) < 4.78 is 34.5. The average Bonchev–Trinajstić information content (AvgIpc) is 1.21. The maximum Gasteiger partial charge on any atom is 0.313 e. The summed E-state index contributed by atoms with van der Waals surface area (Å²) in [5.41, 5.74) is 3.92. The number of hydrogen-bond acceptors (Lipinski definition) is 8. The highest BCUT2D eigenvalue weighted by Gasteiger charge is 3.26. The summed E-state index contributed by atoms with van der Waals surface area (Å²) in [4.78, 5) is 60.9. The fraction of sp³-hybridized carbons (Fsp3) is 0.278. The molecule has 0 aliphatic heterocycles. The number of carbonyl (C=O) groups is 4. The van der Waals surface area contributed by atoms with Crippen molar-refractivity contribution in [2.45, 2.75) is 51.9 Å². The van der Waals surface area contributed by atoms with Gasteiger partial charge in [-0.05, 0) is 74.2 Å². The minimum Gasteiger partial charge on any atom is -0.465 e. The molecule has 6 aliphatic rings. The van der Waals surface area contributed by atoms with E-state index in [0.717, 1.165) is 87.2 Å². The fourth-order valence-corrected chi connectivity index (χ4v) is 18.6. The van der Waals surface area contributed by atoms with Crippen molar-refractivity contribution in [2.24, 2.45) is 45.3 Å². The zero-order valence-corrected chi connectivity index (χ0v) is 46.3. The Kier molecular flexibility index (Phi) is 10.7. The maximum absolute atomic E-state index is 15.2. The third-order valence-electron chi connectivity index (χ3n) is 20.9. The summed E-state index contributed by atoms with van der Waals surface area (Å²) in [6, 6.07) is 66.7. The van der Waals surface area contributed by atoms with Gasteiger partial charge in [0.05, 0.1) is 48.1 Å². The largest absolute Gasteiger partial charge is 0.465 e. The van der Waals surface area contributed by atoms with Crippen LogP contribution >= 0.6 is 0 Å². The van der Waals surface area contributed by atoms with E-state index in [2.05, 4.69) is 115 Å². The lowest BCUT2D eigenvalue weighted by Gasteiger charge is -3.13. The number of ether oxygens (including phenoxy) is 4. The molecule has 4 aromatic heterocycles. The lowest BCUT2D eigenvalue weighted by Crippen LogP contribution is -3.21. The second-order valence-electron chi connectivity index (χ2n) is 24.2. The Morgan fingerprint density at radius 3 is 0.583 bits per heavy atom. The fourth-order valence-electron chi connectivity index (χ4n) is 18.6. The Morgan fingerprint density at radius 2 is 0.417 bits per heavy atom. The summed E-state index contributed by atoms with van der Waals surface area (Å²) in [5.74, 6) is -4.71. The Hall–Kier alpha value is -9.16. The minimum absolute atomic E-state index is 0.123. The third-order valence-corrected chi connectivity index (χ3v) is 20.9. The number of aryl methyl sites for hydroxylation is 4. The SMILES string of the molecule is O=C(OCCCn1c2ccccc2c2ccccc21)C12C3C4(C(=O)OCCCn5c6ccccc6c6ccccc65)C1C1(C(=O)OCCCn5c6ccccc6c6ccccc65)C2C3(C(=O)OCCCn2c3ccccc3c3ccccc32)C41. The molecule has 12 nitrogen and oxygen atoms in total. The summed E-state index contributed by atoms with van der Waals surface area (Å²) in [6.45, 7) is 2.91. The van der Waals surface area contributed by atoms with Crippen LogP contribution in [0, 0.1) is 45.3 Å². The van der Waals surface area contributed by atoms with E-state index >= 15 is 19.2 Å². The first-order valence-electron chi connectivity index (χ1n) is 29.9. The van der Waals surface area contributed by atoms with Crippen molar-refractivity contribution in [1.29, 1.82) is 0 Å². The lowest BCUT2D eigenvalue weighted by atomic mass is 8.84. The quantitative estimate of drug-likeness (QED) is 0.0420. The maximum atomic E-state index is 15.2. The Morgan fingerprint density at radius 1 is 0.262 bits per heavy atom. The molecular formula is C72H60N4O8. The molecule has 6 aliphatic carbocycles. The van der Waals surface area contributed by atoms with Crippen LogP contribution < -0.4 is 0 Å². The molecule has 0 atom stereocenters. The van der Waals surface area contributed by atoms with Crippen molar-refractivity contribution in [1.82, 2.24) is 18.3 Å². The zero-order valence-electron chi connectivity index (χ0n) is 46.3. The normalized spacial score (nSPS) is 24.7. The standard InChI is InChI=1S/C72H60N4O8/c77-65(81-41-17-37-73-53-29-9-1-21-45(53)46-22-2-10-30-54(46)73)69-61-70(66(78)82-42-18-38-74-55-31-11-3-23-47(55)48-24-4-12-32-56(48)74)62(69)72(68(80)84-44-20-40-76-59-35-15-7-27-51(59)52-28-8-16-36-60(52)76)63(69)71(61,64(70)72)67(79)83-43-19-39-75-57-33-13-5-25-49(57)50-26-6-14-34-58(50)75/h1-16,21-36,61-64H,17-20,37-44H2. The van der Waals surface area contributed by atoms with Gasteiger partial charge in [-0.15, -0.1) is 0 Å². The monoisotopic (exact) mass is 1110 g/mol. The van der Waals surface area contributed by atoms with E-state index < -0.39 is 69.2 Å². The van der Waals surface area contributed by atoms with E-state index in [0.29, 0.717) is 51.9 Å². The van der Waals surface area contributed by atoms with Crippen LogP contribution in [0.1, 0.15) is 25.7 Å². The predicted molar refractivity (Wildman–Crippen MR) is 324 cm³/mol. The molecule has 6 saturated carbocycles.